The maximum atomic E-state index is 6.12. The van der Waals surface area contributed by atoms with Gasteiger partial charge in [-0.2, -0.15) is 0 Å². The van der Waals surface area contributed by atoms with Gasteiger partial charge in [-0.15, -0.1) is 0 Å². The molecule has 1 aromatic carbocycles. The van der Waals surface area contributed by atoms with Crippen molar-refractivity contribution in [1.82, 2.24) is 5.32 Å². The van der Waals surface area contributed by atoms with Crippen LogP contribution in [0.25, 0.3) is 0 Å². The van der Waals surface area contributed by atoms with Crippen LogP contribution in [0.5, 0.6) is 0 Å². The Morgan fingerprint density at radius 3 is 2.53 bits per heavy atom. The highest BCUT2D eigenvalue weighted by Crippen LogP contribution is 2.24. The maximum absolute atomic E-state index is 6.12. The summed E-state index contributed by atoms with van der Waals surface area (Å²) in [5.74, 6) is 0. The average Bonchev–Trinajstić information content (AvgIpc) is 2.22. The van der Waals surface area contributed by atoms with Gasteiger partial charge in [0.05, 0.1) is 11.7 Å². The predicted molar refractivity (Wildman–Crippen MR) is 73.3 cm³/mol. The number of aryl methyl sites for hydroxylation is 1. The zero-order valence-electron chi connectivity index (χ0n) is 11.7. The number of likely N-dealkylation sites (N-methyl/N-ethyl adjacent to an activating group) is 1. The van der Waals surface area contributed by atoms with Crippen molar-refractivity contribution >= 4 is 0 Å². The Morgan fingerprint density at radius 1 is 1.29 bits per heavy atom. The van der Waals surface area contributed by atoms with Crippen LogP contribution in [-0.2, 0) is 4.74 Å². The van der Waals surface area contributed by atoms with Crippen molar-refractivity contribution in [3.63, 3.8) is 0 Å². The van der Waals surface area contributed by atoms with Crippen LogP contribution < -0.4 is 5.32 Å². The van der Waals surface area contributed by atoms with E-state index in [1.54, 1.807) is 0 Å². The van der Waals surface area contributed by atoms with Gasteiger partial charge in [0.15, 0.2) is 0 Å². The van der Waals surface area contributed by atoms with E-state index < -0.39 is 0 Å². The van der Waals surface area contributed by atoms with Gasteiger partial charge in [0.2, 0.25) is 0 Å². The Hall–Kier alpha value is -0.860. The van der Waals surface area contributed by atoms with Crippen LogP contribution in [0, 0.1) is 6.92 Å². The van der Waals surface area contributed by atoms with E-state index in [0.717, 1.165) is 13.1 Å². The lowest BCUT2D eigenvalue weighted by Crippen LogP contribution is -2.30. The van der Waals surface area contributed by atoms with Crippen LogP contribution in [0.2, 0.25) is 0 Å². The third-order valence-electron chi connectivity index (χ3n) is 2.49. The normalized spacial score (nSPS) is 13.7. The van der Waals surface area contributed by atoms with E-state index >= 15 is 0 Å². The third-order valence-corrected chi connectivity index (χ3v) is 2.49. The standard InChI is InChI=1S/C15H25NO/c1-6-16-11-14(17-15(3,4)5)13-9-7-8-12(2)10-13/h7-10,14,16H,6,11H2,1-5H3. The third kappa shape index (κ3) is 5.33. The van der Waals surface area contributed by atoms with Crippen molar-refractivity contribution in [3.05, 3.63) is 35.4 Å². The zero-order valence-corrected chi connectivity index (χ0v) is 11.7. The van der Waals surface area contributed by atoms with E-state index in [1.807, 2.05) is 0 Å². The molecule has 96 valence electrons. The number of ether oxygens (including phenoxy) is 1. The summed E-state index contributed by atoms with van der Waals surface area (Å²) in [7, 11) is 0. The van der Waals surface area contributed by atoms with Crippen molar-refractivity contribution in [2.75, 3.05) is 13.1 Å². The summed E-state index contributed by atoms with van der Waals surface area (Å²) >= 11 is 0. The molecule has 0 aliphatic carbocycles. The number of nitrogens with one attached hydrogen (secondary N) is 1. The Labute approximate surface area is 105 Å². The molecule has 0 aromatic heterocycles. The smallest absolute Gasteiger partial charge is 0.0956 e. The molecular weight excluding hydrogens is 210 g/mol. The number of hydrogen-bond acceptors (Lipinski definition) is 2. The molecule has 17 heavy (non-hydrogen) atoms. The van der Waals surface area contributed by atoms with Gasteiger partial charge in [0.1, 0.15) is 0 Å². The van der Waals surface area contributed by atoms with Gasteiger partial charge in [0, 0.05) is 6.54 Å². The van der Waals surface area contributed by atoms with Gasteiger partial charge in [-0.25, -0.2) is 0 Å². The van der Waals surface area contributed by atoms with Crippen LogP contribution in [-0.4, -0.2) is 18.7 Å². The van der Waals surface area contributed by atoms with Gasteiger partial charge >= 0.3 is 0 Å². The molecule has 1 unspecified atom stereocenters. The largest absolute Gasteiger partial charge is 0.367 e. The number of rotatable bonds is 5. The maximum Gasteiger partial charge on any atom is 0.0956 e. The minimum absolute atomic E-state index is 0.120. The Balaban J connectivity index is 2.81. The van der Waals surface area contributed by atoms with Crippen molar-refractivity contribution in [2.45, 2.75) is 46.3 Å². The van der Waals surface area contributed by atoms with Gasteiger partial charge in [0.25, 0.3) is 0 Å². The molecule has 0 aliphatic rings. The number of benzene rings is 1. The van der Waals surface area contributed by atoms with E-state index in [9.17, 15) is 0 Å². The summed E-state index contributed by atoms with van der Waals surface area (Å²) in [6.07, 6.45) is 0.120. The SMILES string of the molecule is CCNCC(OC(C)(C)C)c1cccc(C)c1. The summed E-state index contributed by atoms with van der Waals surface area (Å²) < 4.78 is 6.12. The van der Waals surface area contributed by atoms with Crippen LogP contribution >= 0.6 is 0 Å². The summed E-state index contributed by atoms with van der Waals surface area (Å²) in [5, 5.41) is 3.36. The molecule has 0 saturated heterocycles. The molecule has 0 radical (unpaired) electrons. The summed E-state index contributed by atoms with van der Waals surface area (Å²) in [5.41, 5.74) is 2.41. The first kappa shape index (κ1) is 14.2. The van der Waals surface area contributed by atoms with E-state index in [4.69, 9.17) is 4.74 Å². The highest BCUT2D eigenvalue weighted by Gasteiger charge is 2.19. The molecule has 2 nitrogen and oxygen atoms in total. The zero-order chi connectivity index (χ0) is 12.9. The molecular formula is C15H25NO. The average molecular weight is 235 g/mol. The van der Waals surface area contributed by atoms with Crippen LogP contribution in [0.15, 0.2) is 24.3 Å². The van der Waals surface area contributed by atoms with Gasteiger partial charge < -0.3 is 10.1 Å². The second kappa shape index (κ2) is 6.18. The number of hydrogen-bond donors (Lipinski definition) is 1. The summed E-state index contributed by atoms with van der Waals surface area (Å²) in [4.78, 5) is 0. The fraction of sp³-hybridized carbons (Fsp3) is 0.600. The summed E-state index contributed by atoms with van der Waals surface area (Å²) in [6.45, 7) is 12.4. The van der Waals surface area contributed by atoms with E-state index in [0.29, 0.717) is 0 Å². The fourth-order valence-electron chi connectivity index (χ4n) is 1.80. The van der Waals surface area contributed by atoms with Crippen LogP contribution in [0.3, 0.4) is 0 Å². The van der Waals surface area contributed by atoms with E-state index in [1.165, 1.54) is 11.1 Å². The Kier molecular flexibility index (Phi) is 5.16. The summed E-state index contributed by atoms with van der Waals surface area (Å²) in [6, 6.07) is 8.55. The Bertz CT molecular complexity index is 341. The lowest BCUT2D eigenvalue weighted by Gasteiger charge is -2.28. The van der Waals surface area contributed by atoms with E-state index in [-0.39, 0.29) is 11.7 Å². The molecule has 0 aliphatic heterocycles. The second-order valence-corrected chi connectivity index (χ2v) is 5.44. The molecule has 1 N–H and O–H groups in total. The van der Waals surface area contributed by atoms with Crippen molar-refractivity contribution in [2.24, 2.45) is 0 Å². The topological polar surface area (TPSA) is 21.3 Å². The molecule has 0 saturated carbocycles. The van der Waals surface area contributed by atoms with Crippen LogP contribution in [0.1, 0.15) is 44.9 Å². The monoisotopic (exact) mass is 235 g/mol. The predicted octanol–water partition coefficient (Wildman–Crippen LogP) is 3.46. The molecule has 1 atom stereocenters. The molecule has 2 heteroatoms. The quantitative estimate of drug-likeness (QED) is 0.844. The first-order valence-electron chi connectivity index (χ1n) is 6.37. The van der Waals surface area contributed by atoms with Crippen molar-refractivity contribution in [1.29, 1.82) is 0 Å². The molecule has 0 amide bonds. The van der Waals surface area contributed by atoms with Gasteiger partial charge in [-0.1, -0.05) is 36.8 Å². The first-order valence-corrected chi connectivity index (χ1v) is 6.37. The highest BCUT2D eigenvalue weighted by atomic mass is 16.5. The molecule has 0 heterocycles. The molecule has 0 spiro atoms. The minimum Gasteiger partial charge on any atom is -0.367 e. The van der Waals surface area contributed by atoms with Crippen LogP contribution in [0.4, 0.5) is 0 Å². The van der Waals surface area contributed by atoms with E-state index in [2.05, 4.69) is 64.2 Å². The van der Waals surface area contributed by atoms with Crippen molar-refractivity contribution < 1.29 is 4.74 Å². The first-order chi connectivity index (χ1) is 7.92. The second-order valence-electron chi connectivity index (χ2n) is 5.44. The molecule has 1 aromatic rings. The Morgan fingerprint density at radius 2 is 2.00 bits per heavy atom. The van der Waals surface area contributed by atoms with Gasteiger partial charge in [-0.3, -0.25) is 0 Å². The highest BCUT2D eigenvalue weighted by molar-refractivity contribution is 5.24. The lowest BCUT2D eigenvalue weighted by molar-refractivity contribution is -0.0604. The fourth-order valence-corrected chi connectivity index (χ4v) is 1.80. The van der Waals surface area contributed by atoms with Crippen molar-refractivity contribution in [3.8, 4) is 0 Å². The molecule has 1 rings (SSSR count). The molecule has 0 fully saturated rings. The minimum atomic E-state index is -0.121. The van der Waals surface area contributed by atoms with Gasteiger partial charge in [-0.05, 0) is 39.8 Å². The molecule has 0 bridgehead atoms. The lowest BCUT2D eigenvalue weighted by atomic mass is 10.0.